The summed E-state index contributed by atoms with van der Waals surface area (Å²) in [6, 6.07) is 2.43. The van der Waals surface area contributed by atoms with Crippen LogP contribution in [0.4, 0.5) is 4.79 Å². The average molecular weight is 291 g/mol. The number of carbonyl (C=O) groups excluding carboxylic acids is 1. The molecule has 1 heterocycles. The Morgan fingerprint density at radius 2 is 1.76 bits per heavy atom. The minimum Gasteiger partial charge on any atom is -0.492 e. The lowest BCUT2D eigenvalue weighted by Crippen LogP contribution is -2.21. The zero-order valence-electron chi connectivity index (χ0n) is 11.5. The molecular formula is C15H17NO5. The van der Waals surface area contributed by atoms with Crippen LogP contribution in [0.25, 0.3) is 0 Å². The average Bonchev–Trinajstić information content (AvgIpc) is 2.98. The molecule has 6 heteroatoms. The first-order valence-electron chi connectivity index (χ1n) is 7.07. The number of nitrogens with zero attached hydrogens (tertiary/aromatic N) is 1. The van der Waals surface area contributed by atoms with Crippen LogP contribution in [0.15, 0.2) is 12.1 Å². The number of hydrogen-bond acceptors (Lipinski definition) is 5. The summed E-state index contributed by atoms with van der Waals surface area (Å²) in [7, 11) is 0. The van der Waals surface area contributed by atoms with Crippen LogP contribution in [0.3, 0.4) is 0 Å². The molecule has 0 bridgehead atoms. The Labute approximate surface area is 122 Å². The van der Waals surface area contributed by atoms with Crippen molar-refractivity contribution in [2.45, 2.75) is 25.7 Å². The van der Waals surface area contributed by atoms with Crippen LogP contribution in [0, 0.1) is 29.6 Å². The third-order valence-corrected chi connectivity index (χ3v) is 4.20. The van der Waals surface area contributed by atoms with Gasteiger partial charge in [0.25, 0.3) is 0 Å². The highest BCUT2D eigenvalue weighted by molar-refractivity contribution is 5.60. The largest absolute Gasteiger partial charge is 0.533 e. The fourth-order valence-corrected chi connectivity index (χ4v) is 3.04. The van der Waals surface area contributed by atoms with E-state index in [9.17, 15) is 15.0 Å². The minimum absolute atomic E-state index is 0.303. The highest BCUT2D eigenvalue weighted by Crippen LogP contribution is 2.52. The molecule has 1 unspecified atom stereocenters. The fraction of sp³-hybridized carbons (Fsp3) is 0.533. The van der Waals surface area contributed by atoms with Crippen LogP contribution < -0.4 is 4.84 Å². The number of hydrogen-bond donors (Lipinski definition) is 2. The number of aromatic hydroxyl groups is 2. The van der Waals surface area contributed by atoms with E-state index in [0.29, 0.717) is 29.1 Å². The van der Waals surface area contributed by atoms with Crippen LogP contribution in [0.2, 0.25) is 0 Å². The van der Waals surface area contributed by atoms with Gasteiger partial charge < -0.3 is 14.9 Å². The van der Waals surface area contributed by atoms with E-state index in [1.54, 1.807) is 0 Å². The highest BCUT2D eigenvalue weighted by Gasteiger charge is 2.49. The van der Waals surface area contributed by atoms with E-state index in [4.69, 9.17) is 9.57 Å². The lowest BCUT2D eigenvalue weighted by Gasteiger charge is -2.07. The molecule has 1 saturated carbocycles. The van der Waals surface area contributed by atoms with Gasteiger partial charge in [-0.15, -0.1) is 16.6 Å². The van der Waals surface area contributed by atoms with Crippen LogP contribution >= 0.6 is 0 Å². The van der Waals surface area contributed by atoms with E-state index in [1.807, 2.05) is 0 Å². The Morgan fingerprint density at radius 3 is 2.33 bits per heavy atom. The maximum absolute atomic E-state index is 11.6. The monoisotopic (exact) mass is 291 g/mol. The molecule has 3 rings (SSSR count). The molecule has 0 spiro atoms. The van der Waals surface area contributed by atoms with E-state index in [2.05, 4.69) is 11.8 Å². The van der Waals surface area contributed by atoms with Crippen molar-refractivity contribution in [1.29, 1.82) is 0 Å². The molecule has 0 amide bonds. The van der Waals surface area contributed by atoms with Gasteiger partial charge in [0.15, 0.2) is 0 Å². The Morgan fingerprint density at radius 1 is 1.19 bits per heavy atom. The molecule has 0 radical (unpaired) electrons. The van der Waals surface area contributed by atoms with Gasteiger partial charge >= 0.3 is 6.16 Å². The summed E-state index contributed by atoms with van der Waals surface area (Å²) in [5, 5.41) is 18.7. The van der Waals surface area contributed by atoms with Crippen molar-refractivity contribution in [3.8, 4) is 23.6 Å². The van der Waals surface area contributed by atoms with E-state index in [-0.39, 0.29) is 11.8 Å². The summed E-state index contributed by atoms with van der Waals surface area (Å²) in [4.78, 5) is 16.3. The van der Waals surface area contributed by atoms with Crippen LogP contribution in [-0.2, 0) is 4.74 Å². The zero-order valence-corrected chi connectivity index (χ0v) is 11.5. The van der Waals surface area contributed by atoms with E-state index < -0.39 is 6.16 Å². The normalized spacial score (nSPS) is 26.6. The number of carbonyl (C=O) groups is 1. The standard InChI is InChI=1S/C15H17NO5/c17-13-7-8-14(18)16(13)21-15(19)20-9-12-10-5-3-1-2-4-6-11(10)12/h7-8,10-12,17-18H,3-6,9H2/t10-,11+,12?. The second-order valence-electron chi connectivity index (χ2n) is 5.42. The molecule has 3 atom stereocenters. The van der Waals surface area contributed by atoms with Gasteiger partial charge in [0.2, 0.25) is 11.8 Å². The molecule has 1 aromatic heterocycles. The van der Waals surface area contributed by atoms with Crippen molar-refractivity contribution in [3.63, 3.8) is 0 Å². The first kappa shape index (κ1) is 13.7. The Hall–Kier alpha value is -2.29. The predicted molar refractivity (Wildman–Crippen MR) is 72.4 cm³/mol. The third-order valence-electron chi connectivity index (χ3n) is 4.20. The zero-order chi connectivity index (χ0) is 14.8. The molecule has 112 valence electrons. The number of aromatic nitrogens is 1. The van der Waals surface area contributed by atoms with Crippen LogP contribution in [0.1, 0.15) is 25.7 Å². The van der Waals surface area contributed by atoms with E-state index in [1.165, 1.54) is 12.1 Å². The molecule has 1 fully saturated rings. The van der Waals surface area contributed by atoms with Gasteiger partial charge in [0.05, 0.1) is 6.61 Å². The van der Waals surface area contributed by atoms with Crippen molar-refractivity contribution in [2.75, 3.05) is 6.61 Å². The molecule has 21 heavy (non-hydrogen) atoms. The van der Waals surface area contributed by atoms with Crippen molar-refractivity contribution >= 4 is 6.16 Å². The molecule has 6 nitrogen and oxygen atoms in total. The molecular weight excluding hydrogens is 274 g/mol. The molecule has 2 aliphatic rings. The van der Waals surface area contributed by atoms with Gasteiger partial charge in [-0.1, -0.05) is 0 Å². The topological polar surface area (TPSA) is 80.9 Å². The van der Waals surface area contributed by atoms with Gasteiger partial charge in [-0.25, -0.2) is 4.79 Å². The lowest BCUT2D eigenvalue weighted by molar-refractivity contribution is 0.0315. The number of rotatable bonds is 3. The molecule has 2 aliphatic carbocycles. The maximum atomic E-state index is 11.6. The third kappa shape index (κ3) is 2.92. The second kappa shape index (κ2) is 5.60. The van der Waals surface area contributed by atoms with Crippen molar-refractivity contribution in [3.05, 3.63) is 12.1 Å². The van der Waals surface area contributed by atoms with Crippen molar-refractivity contribution in [2.24, 2.45) is 17.8 Å². The summed E-state index contributed by atoms with van der Waals surface area (Å²) in [6.07, 6.45) is 2.99. The fourth-order valence-electron chi connectivity index (χ4n) is 3.04. The van der Waals surface area contributed by atoms with Gasteiger partial charge in [0, 0.05) is 25.0 Å². The van der Waals surface area contributed by atoms with Gasteiger partial charge in [0.1, 0.15) is 0 Å². The Kier molecular flexibility index (Phi) is 3.65. The highest BCUT2D eigenvalue weighted by atomic mass is 16.8. The Balaban J connectivity index is 1.47. The van der Waals surface area contributed by atoms with Crippen LogP contribution in [-0.4, -0.2) is 27.7 Å². The SMILES string of the molecule is O=C(OCC1[C@H]2CCC#CCC[C@@H]12)On1c(O)ccc1O. The summed E-state index contributed by atoms with van der Waals surface area (Å²) in [5.74, 6) is 7.06. The summed E-state index contributed by atoms with van der Waals surface area (Å²) < 4.78 is 5.70. The molecule has 2 N–H and O–H groups in total. The Bertz CT molecular complexity index is 559. The minimum atomic E-state index is -0.938. The first-order chi connectivity index (χ1) is 10.2. The number of ether oxygens (including phenoxy) is 1. The quantitative estimate of drug-likeness (QED) is 0.656. The molecule has 1 aromatic rings. The summed E-state index contributed by atoms with van der Waals surface area (Å²) in [5.41, 5.74) is 0. The van der Waals surface area contributed by atoms with Crippen molar-refractivity contribution < 1.29 is 24.6 Å². The second-order valence-corrected chi connectivity index (χ2v) is 5.42. The maximum Gasteiger partial charge on any atom is 0.533 e. The molecule has 0 aliphatic heterocycles. The predicted octanol–water partition coefficient (Wildman–Crippen LogP) is 1.90. The summed E-state index contributed by atoms with van der Waals surface area (Å²) >= 11 is 0. The lowest BCUT2D eigenvalue weighted by atomic mass is 10.1. The van der Waals surface area contributed by atoms with Gasteiger partial charge in [-0.05, 0) is 30.6 Å². The molecule has 0 aromatic carbocycles. The summed E-state index contributed by atoms with van der Waals surface area (Å²) in [6.45, 7) is 0.303. The van der Waals surface area contributed by atoms with Gasteiger partial charge in [-0.3, -0.25) is 4.84 Å². The van der Waals surface area contributed by atoms with E-state index in [0.717, 1.165) is 25.7 Å². The van der Waals surface area contributed by atoms with E-state index >= 15 is 0 Å². The van der Waals surface area contributed by atoms with Crippen molar-refractivity contribution in [1.82, 2.24) is 4.73 Å². The smallest absolute Gasteiger partial charge is 0.492 e. The van der Waals surface area contributed by atoms with Gasteiger partial charge in [-0.2, -0.15) is 0 Å². The first-order valence-corrected chi connectivity index (χ1v) is 7.07. The molecule has 0 saturated heterocycles. The van der Waals surface area contributed by atoms with Crippen LogP contribution in [0.5, 0.6) is 11.8 Å². The number of fused-ring (bicyclic) bond motifs is 1.